The van der Waals surface area contributed by atoms with Crippen LogP contribution in [-0.2, 0) is 16.1 Å². The van der Waals surface area contributed by atoms with Crippen molar-refractivity contribution >= 4 is 29.0 Å². The van der Waals surface area contributed by atoms with Crippen molar-refractivity contribution < 1.29 is 14.0 Å². The molecule has 0 atom stereocenters. The smallest absolute Gasteiger partial charge is 0.309 e. The van der Waals surface area contributed by atoms with Gasteiger partial charge in [-0.15, -0.1) is 0 Å². The first-order valence-corrected chi connectivity index (χ1v) is 5.15. The summed E-state index contributed by atoms with van der Waals surface area (Å²) in [6, 6.07) is 0. The molecule has 0 aliphatic carbocycles. The largest absolute Gasteiger partial charge is 0.444 e. The molecule has 92 valence electrons. The summed E-state index contributed by atoms with van der Waals surface area (Å²) in [5.41, 5.74) is 5.17. The molecule has 7 nitrogen and oxygen atoms in total. The number of amides is 2. The van der Waals surface area contributed by atoms with Gasteiger partial charge in [0.15, 0.2) is 0 Å². The molecular weight excluding hydrogens is 244 g/mol. The van der Waals surface area contributed by atoms with Crippen molar-refractivity contribution in [3.8, 4) is 0 Å². The molecule has 0 aliphatic heterocycles. The Kier molecular flexibility index (Phi) is 4.58. The highest BCUT2D eigenvalue weighted by Gasteiger charge is 2.13. The number of nitrogens with one attached hydrogen (secondary N) is 2. The molecule has 0 aromatic carbocycles. The number of oxazole rings is 1. The maximum Gasteiger partial charge on any atom is 0.309 e. The van der Waals surface area contributed by atoms with E-state index >= 15 is 0 Å². The third kappa shape index (κ3) is 4.60. The topological polar surface area (TPSA) is 110 Å². The van der Waals surface area contributed by atoms with Crippen molar-refractivity contribution in [1.82, 2.24) is 15.6 Å². The molecule has 0 bridgehead atoms. The van der Waals surface area contributed by atoms with Crippen LogP contribution in [0, 0.1) is 6.92 Å². The van der Waals surface area contributed by atoms with Crippen LogP contribution in [0.25, 0.3) is 0 Å². The number of rotatable bonds is 4. The molecule has 0 aliphatic rings. The molecule has 0 fully saturated rings. The number of carbonyl (C=O) groups is 2. The molecule has 1 aromatic rings. The highest BCUT2D eigenvalue weighted by Crippen LogP contribution is 2.00. The second kappa shape index (κ2) is 5.94. The average Bonchev–Trinajstić information content (AvgIpc) is 2.68. The van der Waals surface area contributed by atoms with Crippen molar-refractivity contribution in [3.63, 3.8) is 0 Å². The van der Waals surface area contributed by atoms with Crippen LogP contribution in [-0.4, -0.2) is 28.3 Å². The lowest BCUT2D eigenvalue weighted by atomic mass is 10.5. The van der Waals surface area contributed by atoms with E-state index in [1.165, 1.54) is 6.20 Å². The summed E-state index contributed by atoms with van der Waals surface area (Å²) in [6.45, 7) is 1.76. The Labute approximate surface area is 103 Å². The Hall–Kier alpha value is -1.96. The van der Waals surface area contributed by atoms with E-state index in [2.05, 4.69) is 27.8 Å². The van der Waals surface area contributed by atoms with Gasteiger partial charge in [-0.05, 0) is 6.92 Å². The highest BCUT2D eigenvalue weighted by atomic mass is 32.1. The molecule has 4 N–H and O–H groups in total. The number of nitrogens with two attached hydrogens (primary N) is 1. The minimum absolute atomic E-state index is 0.0142. The Bertz CT molecular complexity index is 443. The van der Waals surface area contributed by atoms with Gasteiger partial charge < -0.3 is 20.8 Å². The van der Waals surface area contributed by atoms with Crippen molar-refractivity contribution in [2.24, 2.45) is 5.73 Å². The highest BCUT2D eigenvalue weighted by molar-refractivity contribution is 7.80. The molecule has 1 heterocycles. The number of aromatic nitrogens is 1. The number of nitrogens with zero attached hydrogens (tertiary/aromatic N) is 1. The summed E-state index contributed by atoms with van der Waals surface area (Å²) in [5, 5.41) is 4.60. The van der Waals surface area contributed by atoms with Crippen LogP contribution in [0.15, 0.2) is 10.6 Å². The molecule has 0 unspecified atom stereocenters. The van der Waals surface area contributed by atoms with Crippen molar-refractivity contribution in [2.45, 2.75) is 13.5 Å². The van der Waals surface area contributed by atoms with Crippen LogP contribution in [0.3, 0.4) is 0 Å². The van der Waals surface area contributed by atoms with E-state index < -0.39 is 11.8 Å². The Morgan fingerprint density at radius 1 is 1.47 bits per heavy atom. The third-order valence-electron chi connectivity index (χ3n) is 1.70. The summed E-state index contributed by atoms with van der Waals surface area (Å²) >= 11 is 4.55. The summed E-state index contributed by atoms with van der Waals surface area (Å²) < 4.78 is 5.11. The molecule has 0 spiro atoms. The number of hydrogen-bond donors (Lipinski definition) is 3. The molecule has 0 radical (unpaired) electrons. The van der Waals surface area contributed by atoms with Crippen molar-refractivity contribution in [2.75, 3.05) is 6.54 Å². The van der Waals surface area contributed by atoms with E-state index in [9.17, 15) is 9.59 Å². The Morgan fingerprint density at radius 3 is 2.65 bits per heavy atom. The van der Waals surface area contributed by atoms with Gasteiger partial charge in [-0.2, -0.15) is 0 Å². The van der Waals surface area contributed by atoms with E-state index in [1.807, 2.05) is 0 Å². The van der Waals surface area contributed by atoms with Crippen LogP contribution in [0.4, 0.5) is 0 Å². The second-order valence-corrected chi connectivity index (χ2v) is 3.72. The predicted octanol–water partition coefficient (Wildman–Crippen LogP) is -0.998. The van der Waals surface area contributed by atoms with Gasteiger partial charge >= 0.3 is 11.8 Å². The maximum atomic E-state index is 11.3. The first-order chi connectivity index (χ1) is 7.99. The standard InChI is InChI=1S/C9H12N4O3S/c1-5-2-11-7(16-5)4-13-9(15)8(14)12-3-6(10)17/h2H,3-4H2,1H3,(H2,10,17)(H,12,14)(H,13,15). The third-order valence-corrected chi connectivity index (χ3v) is 1.84. The number of carbonyl (C=O) groups excluding carboxylic acids is 2. The van der Waals surface area contributed by atoms with Crippen LogP contribution in [0.5, 0.6) is 0 Å². The summed E-state index contributed by atoms with van der Waals surface area (Å²) in [7, 11) is 0. The fourth-order valence-electron chi connectivity index (χ4n) is 0.967. The van der Waals surface area contributed by atoms with Gasteiger partial charge in [-0.25, -0.2) is 4.98 Å². The van der Waals surface area contributed by atoms with Gasteiger partial charge in [-0.1, -0.05) is 12.2 Å². The first-order valence-electron chi connectivity index (χ1n) is 4.74. The van der Waals surface area contributed by atoms with Gasteiger partial charge in [0.05, 0.1) is 24.3 Å². The fourth-order valence-corrected chi connectivity index (χ4v) is 1.04. The average molecular weight is 256 g/mol. The second-order valence-electron chi connectivity index (χ2n) is 3.20. The molecule has 0 saturated carbocycles. The maximum absolute atomic E-state index is 11.3. The lowest BCUT2D eigenvalue weighted by Gasteiger charge is -2.03. The minimum Gasteiger partial charge on any atom is -0.444 e. The van der Waals surface area contributed by atoms with Gasteiger partial charge in [-0.3, -0.25) is 9.59 Å². The molecule has 2 amide bonds. The van der Waals surface area contributed by atoms with E-state index in [0.29, 0.717) is 11.7 Å². The number of aryl methyl sites for hydroxylation is 1. The molecule has 1 aromatic heterocycles. The van der Waals surface area contributed by atoms with E-state index in [-0.39, 0.29) is 18.1 Å². The lowest BCUT2D eigenvalue weighted by molar-refractivity contribution is -0.139. The molecule has 0 saturated heterocycles. The van der Waals surface area contributed by atoms with Gasteiger partial charge in [0, 0.05) is 0 Å². The van der Waals surface area contributed by atoms with E-state index in [0.717, 1.165) is 0 Å². The molecule has 17 heavy (non-hydrogen) atoms. The summed E-state index contributed by atoms with van der Waals surface area (Å²) in [4.78, 5) is 26.4. The van der Waals surface area contributed by atoms with Crippen LogP contribution in [0.1, 0.15) is 11.7 Å². The van der Waals surface area contributed by atoms with Crippen molar-refractivity contribution in [1.29, 1.82) is 0 Å². The Balaban J connectivity index is 2.34. The number of thiocarbonyl (C=S) groups is 1. The summed E-state index contributed by atoms with van der Waals surface area (Å²) in [5.74, 6) is -0.636. The van der Waals surface area contributed by atoms with Gasteiger partial charge in [0.2, 0.25) is 5.89 Å². The first kappa shape index (κ1) is 13.1. The fraction of sp³-hybridized carbons (Fsp3) is 0.333. The van der Waals surface area contributed by atoms with Crippen molar-refractivity contribution in [3.05, 3.63) is 17.8 Å². The quantitative estimate of drug-likeness (QED) is 0.471. The monoisotopic (exact) mass is 256 g/mol. The van der Waals surface area contributed by atoms with Crippen LogP contribution < -0.4 is 16.4 Å². The number of hydrogen-bond acceptors (Lipinski definition) is 5. The molecular formula is C9H12N4O3S. The SMILES string of the molecule is Cc1cnc(CNC(=O)C(=O)NCC(N)=S)o1. The van der Waals surface area contributed by atoms with Gasteiger partial charge in [0.1, 0.15) is 5.76 Å². The zero-order valence-electron chi connectivity index (χ0n) is 9.15. The lowest BCUT2D eigenvalue weighted by Crippen LogP contribution is -2.42. The van der Waals surface area contributed by atoms with E-state index in [1.54, 1.807) is 6.92 Å². The normalized spacial score (nSPS) is 9.71. The van der Waals surface area contributed by atoms with E-state index in [4.69, 9.17) is 10.2 Å². The zero-order chi connectivity index (χ0) is 12.8. The molecule has 1 rings (SSSR count). The summed E-state index contributed by atoms with van der Waals surface area (Å²) in [6.07, 6.45) is 1.52. The molecule has 8 heteroatoms. The van der Waals surface area contributed by atoms with Crippen LogP contribution in [0.2, 0.25) is 0 Å². The predicted molar refractivity (Wildman–Crippen MR) is 62.9 cm³/mol. The van der Waals surface area contributed by atoms with Crippen LogP contribution >= 0.6 is 12.2 Å². The zero-order valence-corrected chi connectivity index (χ0v) is 9.97. The minimum atomic E-state index is -0.805. The Morgan fingerprint density at radius 2 is 2.12 bits per heavy atom. The van der Waals surface area contributed by atoms with Gasteiger partial charge in [0.25, 0.3) is 0 Å².